The fourth-order valence-corrected chi connectivity index (χ4v) is 1.99. The Morgan fingerprint density at radius 3 is 3.00 bits per heavy atom. The van der Waals surface area contributed by atoms with E-state index in [9.17, 15) is 4.79 Å². The predicted molar refractivity (Wildman–Crippen MR) is 77.6 cm³/mol. The van der Waals surface area contributed by atoms with Gasteiger partial charge in [-0.15, -0.1) is 0 Å². The van der Waals surface area contributed by atoms with Gasteiger partial charge in [0.25, 0.3) is 0 Å². The fourth-order valence-electron chi connectivity index (χ4n) is 1.99. The van der Waals surface area contributed by atoms with Crippen LogP contribution in [-0.4, -0.2) is 21.1 Å². The van der Waals surface area contributed by atoms with Crippen molar-refractivity contribution in [3.8, 4) is 11.4 Å². The van der Waals surface area contributed by atoms with Crippen LogP contribution in [0.1, 0.15) is 11.4 Å². The van der Waals surface area contributed by atoms with Crippen LogP contribution in [0.5, 0.6) is 0 Å². The molecule has 1 aromatic carbocycles. The molecule has 1 amide bonds. The molecule has 0 saturated heterocycles. The number of amides is 1. The lowest BCUT2D eigenvalue weighted by molar-refractivity contribution is -0.115. The lowest BCUT2D eigenvalue weighted by Gasteiger charge is -2.05. The molecule has 0 atom stereocenters. The molecule has 21 heavy (non-hydrogen) atoms. The summed E-state index contributed by atoms with van der Waals surface area (Å²) in [5.41, 5.74) is 2.40. The van der Waals surface area contributed by atoms with Crippen LogP contribution < -0.4 is 5.32 Å². The lowest BCUT2D eigenvalue weighted by atomic mass is 10.2. The van der Waals surface area contributed by atoms with Crippen molar-refractivity contribution in [2.24, 2.45) is 0 Å². The largest absolute Gasteiger partial charge is 0.472 e. The SMILES string of the molecule is Cc1nc(-c2cccc(NC(=O)Cc3ccoc3)c2)n[nH]1. The molecule has 0 saturated carbocycles. The van der Waals surface area contributed by atoms with Gasteiger partial charge in [-0.25, -0.2) is 4.98 Å². The van der Waals surface area contributed by atoms with Gasteiger partial charge >= 0.3 is 0 Å². The second-order valence-electron chi connectivity index (χ2n) is 4.68. The molecule has 2 aromatic heterocycles. The standard InChI is InChI=1S/C15H14N4O2/c1-10-16-15(19-18-10)12-3-2-4-13(8-12)17-14(20)7-11-5-6-21-9-11/h2-6,8-9H,7H2,1H3,(H,17,20)(H,16,18,19). The fraction of sp³-hybridized carbons (Fsp3) is 0.133. The number of hydrogen-bond acceptors (Lipinski definition) is 4. The Hall–Kier alpha value is -2.89. The van der Waals surface area contributed by atoms with Gasteiger partial charge in [0.2, 0.25) is 5.91 Å². The Morgan fingerprint density at radius 1 is 1.38 bits per heavy atom. The van der Waals surface area contributed by atoms with E-state index in [0.717, 1.165) is 17.0 Å². The molecule has 2 heterocycles. The minimum atomic E-state index is -0.0975. The molecule has 2 N–H and O–H groups in total. The predicted octanol–water partition coefficient (Wildman–Crippen LogP) is 2.55. The van der Waals surface area contributed by atoms with Crippen molar-refractivity contribution in [1.82, 2.24) is 15.2 Å². The number of rotatable bonds is 4. The van der Waals surface area contributed by atoms with Crippen LogP contribution in [0.15, 0.2) is 47.3 Å². The van der Waals surface area contributed by atoms with Gasteiger partial charge < -0.3 is 9.73 Å². The molecule has 0 unspecified atom stereocenters. The van der Waals surface area contributed by atoms with Gasteiger partial charge in [-0.1, -0.05) is 12.1 Å². The Kier molecular flexibility index (Phi) is 3.51. The maximum Gasteiger partial charge on any atom is 0.228 e. The number of aromatic nitrogens is 3. The summed E-state index contributed by atoms with van der Waals surface area (Å²) in [5.74, 6) is 1.26. The van der Waals surface area contributed by atoms with Gasteiger partial charge in [0.15, 0.2) is 5.82 Å². The van der Waals surface area contributed by atoms with E-state index in [-0.39, 0.29) is 12.3 Å². The number of furan rings is 1. The van der Waals surface area contributed by atoms with Crippen LogP contribution in [0.4, 0.5) is 5.69 Å². The van der Waals surface area contributed by atoms with Crippen LogP contribution in [0, 0.1) is 6.92 Å². The van der Waals surface area contributed by atoms with Gasteiger partial charge in [-0.2, -0.15) is 5.10 Å². The van der Waals surface area contributed by atoms with Crippen LogP contribution in [-0.2, 0) is 11.2 Å². The monoisotopic (exact) mass is 282 g/mol. The quantitative estimate of drug-likeness (QED) is 0.770. The maximum atomic E-state index is 11.9. The van der Waals surface area contributed by atoms with Crippen molar-refractivity contribution in [3.05, 3.63) is 54.2 Å². The van der Waals surface area contributed by atoms with Crippen LogP contribution in [0.2, 0.25) is 0 Å². The molecule has 0 bridgehead atoms. The topological polar surface area (TPSA) is 83.8 Å². The van der Waals surface area contributed by atoms with E-state index in [1.807, 2.05) is 31.2 Å². The van der Waals surface area contributed by atoms with E-state index in [4.69, 9.17) is 4.42 Å². The highest BCUT2D eigenvalue weighted by atomic mass is 16.3. The van der Waals surface area contributed by atoms with Crippen molar-refractivity contribution in [1.29, 1.82) is 0 Å². The first-order valence-corrected chi connectivity index (χ1v) is 6.51. The molecule has 0 spiro atoms. The lowest BCUT2D eigenvalue weighted by Crippen LogP contribution is -2.13. The summed E-state index contributed by atoms with van der Waals surface area (Å²) in [6, 6.07) is 9.20. The summed E-state index contributed by atoms with van der Waals surface area (Å²) in [5, 5.41) is 9.75. The van der Waals surface area contributed by atoms with E-state index >= 15 is 0 Å². The molecular weight excluding hydrogens is 268 g/mol. The minimum Gasteiger partial charge on any atom is -0.472 e. The van der Waals surface area contributed by atoms with Crippen LogP contribution in [0.25, 0.3) is 11.4 Å². The number of aryl methyl sites for hydroxylation is 1. The number of carbonyl (C=O) groups excluding carboxylic acids is 1. The van der Waals surface area contributed by atoms with E-state index < -0.39 is 0 Å². The average molecular weight is 282 g/mol. The molecule has 0 aliphatic heterocycles. The zero-order valence-corrected chi connectivity index (χ0v) is 11.5. The van der Waals surface area contributed by atoms with Crippen LogP contribution in [0.3, 0.4) is 0 Å². The highest BCUT2D eigenvalue weighted by molar-refractivity contribution is 5.92. The summed E-state index contributed by atoms with van der Waals surface area (Å²) in [4.78, 5) is 16.2. The molecule has 6 nitrogen and oxygen atoms in total. The molecule has 3 aromatic rings. The molecule has 0 fully saturated rings. The summed E-state index contributed by atoms with van der Waals surface area (Å²) in [6.45, 7) is 1.84. The highest BCUT2D eigenvalue weighted by Crippen LogP contribution is 2.19. The summed E-state index contributed by atoms with van der Waals surface area (Å²) < 4.78 is 4.94. The highest BCUT2D eigenvalue weighted by Gasteiger charge is 2.08. The molecular formula is C15H14N4O2. The van der Waals surface area contributed by atoms with Gasteiger partial charge in [0.1, 0.15) is 5.82 Å². The summed E-state index contributed by atoms with van der Waals surface area (Å²) in [6.07, 6.45) is 3.39. The van der Waals surface area contributed by atoms with Gasteiger partial charge in [0.05, 0.1) is 18.9 Å². The Morgan fingerprint density at radius 2 is 2.29 bits per heavy atom. The average Bonchev–Trinajstić information content (AvgIpc) is 3.10. The molecule has 3 rings (SSSR count). The number of benzene rings is 1. The van der Waals surface area contributed by atoms with Gasteiger partial charge in [-0.3, -0.25) is 9.89 Å². The minimum absolute atomic E-state index is 0.0975. The summed E-state index contributed by atoms with van der Waals surface area (Å²) in [7, 11) is 0. The molecule has 0 radical (unpaired) electrons. The molecule has 6 heteroatoms. The van der Waals surface area contributed by atoms with E-state index in [0.29, 0.717) is 11.5 Å². The first-order valence-electron chi connectivity index (χ1n) is 6.51. The zero-order chi connectivity index (χ0) is 14.7. The number of anilines is 1. The smallest absolute Gasteiger partial charge is 0.228 e. The van der Waals surface area contributed by atoms with Crippen molar-refractivity contribution >= 4 is 11.6 Å². The number of carbonyl (C=O) groups is 1. The number of H-pyrrole nitrogens is 1. The van der Waals surface area contributed by atoms with Crippen molar-refractivity contribution in [3.63, 3.8) is 0 Å². The van der Waals surface area contributed by atoms with E-state index in [2.05, 4.69) is 20.5 Å². The Labute approximate surface area is 121 Å². The van der Waals surface area contributed by atoms with Crippen molar-refractivity contribution in [2.45, 2.75) is 13.3 Å². The number of nitrogens with one attached hydrogen (secondary N) is 2. The second kappa shape index (κ2) is 5.62. The normalized spacial score (nSPS) is 10.5. The molecule has 106 valence electrons. The van der Waals surface area contributed by atoms with Crippen molar-refractivity contribution in [2.75, 3.05) is 5.32 Å². The number of hydrogen-bond donors (Lipinski definition) is 2. The Bertz CT molecular complexity index is 747. The third kappa shape index (κ3) is 3.17. The third-order valence-corrected chi connectivity index (χ3v) is 2.95. The number of nitrogens with zero attached hydrogens (tertiary/aromatic N) is 2. The first-order chi connectivity index (χ1) is 10.2. The summed E-state index contributed by atoms with van der Waals surface area (Å²) >= 11 is 0. The van der Waals surface area contributed by atoms with E-state index in [1.54, 1.807) is 18.6 Å². The third-order valence-electron chi connectivity index (χ3n) is 2.95. The zero-order valence-electron chi connectivity index (χ0n) is 11.5. The second-order valence-corrected chi connectivity index (χ2v) is 4.68. The van der Waals surface area contributed by atoms with Gasteiger partial charge in [0, 0.05) is 11.3 Å². The van der Waals surface area contributed by atoms with E-state index in [1.165, 1.54) is 0 Å². The Balaban J connectivity index is 1.72. The van der Waals surface area contributed by atoms with Crippen molar-refractivity contribution < 1.29 is 9.21 Å². The number of aromatic amines is 1. The van der Waals surface area contributed by atoms with Gasteiger partial charge in [-0.05, 0) is 30.7 Å². The molecule has 0 aliphatic rings. The maximum absolute atomic E-state index is 11.9. The first kappa shape index (κ1) is 13.1. The molecule has 0 aliphatic carbocycles. The van der Waals surface area contributed by atoms with Crippen LogP contribution >= 0.6 is 0 Å².